The quantitative estimate of drug-likeness (QED) is 0.584. The van der Waals surface area contributed by atoms with E-state index in [9.17, 15) is 14.0 Å². The Morgan fingerprint density at radius 3 is 2.41 bits per heavy atom. The van der Waals surface area contributed by atoms with Gasteiger partial charge in [-0.05, 0) is 6.42 Å². The molecule has 0 aliphatic carbocycles. The van der Waals surface area contributed by atoms with Crippen LogP contribution in [-0.2, 0) is 9.53 Å². The van der Waals surface area contributed by atoms with Crippen LogP contribution in [0.2, 0.25) is 0 Å². The molecule has 92 valence electrons. The lowest BCUT2D eigenvalue weighted by molar-refractivity contribution is -0.145. The van der Waals surface area contributed by atoms with E-state index in [0.717, 1.165) is 0 Å². The summed E-state index contributed by atoms with van der Waals surface area (Å²) in [5, 5.41) is 0. The van der Waals surface area contributed by atoms with Gasteiger partial charge in [-0.1, -0.05) is 37.3 Å². The predicted molar refractivity (Wildman–Crippen MR) is 61.5 cm³/mol. The molecule has 0 N–H and O–H groups in total. The van der Waals surface area contributed by atoms with Crippen molar-refractivity contribution < 1.29 is 18.7 Å². The maximum Gasteiger partial charge on any atom is 0.308 e. The Morgan fingerprint density at radius 2 is 1.88 bits per heavy atom. The lowest BCUT2D eigenvalue weighted by Gasteiger charge is -2.12. The fourth-order valence-electron chi connectivity index (χ4n) is 1.50. The molecule has 0 fully saturated rings. The summed E-state index contributed by atoms with van der Waals surface area (Å²) in [5.74, 6) is -1.72. The summed E-state index contributed by atoms with van der Waals surface area (Å²) in [4.78, 5) is 22.8. The van der Waals surface area contributed by atoms with Gasteiger partial charge in [0, 0.05) is 5.56 Å². The van der Waals surface area contributed by atoms with Crippen molar-refractivity contribution in [2.75, 3.05) is 7.11 Å². The number of rotatable bonds is 5. The summed E-state index contributed by atoms with van der Waals surface area (Å²) in [6.45, 7) is 1.54. The van der Waals surface area contributed by atoms with Crippen molar-refractivity contribution in [2.45, 2.75) is 19.5 Å². The van der Waals surface area contributed by atoms with E-state index < -0.39 is 23.8 Å². The Kier molecular flexibility index (Phi) is 4.82. The number of halogens is 1. The summed E-state index contributed by atoms with van der Waals surface area (Å²) in [6.07, 6.45) is -1.83. The van der Waals surface area contributed by atoms with Crippen LogP contribution in [0.5, 0.6) is 0 Å². The number of hydrogen-bond acceptors (Lipinski definition) is 3. The van der Waals surface area contributed by atoms with Gasteiger partial charge in [-0.3, -0.25) is 9.59 Å². The van der Waals surface area contributed by atoms with Crippen molar-refractivity contribution in [3.05, 3.63) is 35.9 Å². The average molecular weight is 238 g/mol. The van der Waals surface area contributed by atoms with Crippen LogP contribution in [0.15, 0.2) is 30.3 Å². The third-order valence-electron chi connectivity index (χ3n) is 2.51. The summed E-state index contributed by atoms with van der Waals surface area (Å²) in [5.41, 5.74) is 0.317. The number of carbonyl (C=O) groups is 2. The van der Waals surface area contributed by atoms with Gasteiger partial charge in [-0.15, -0.1) is 0 Å². The zero-order chi connectivity index (χ0) is 12.8. The number of benzene rings is 1. The lowest BCUT2D eigenvalue weighted by Crippen LogP contribution is -2.23. The summed E-state index contributed by atoms with van der Waals surface area (Å²) >= 11 is 0. The summed E-state index contributed by atoms with van der Waals surface area (Å²) in [7, 11) is 1.24. The highest BCUT2D eigenvalue weighted by Gasteiger charge is 2.25. The van der Waals surface area contributed by atoms with Crippen LogP contribution in [0.25, 0.3) is 0 Å². The Bertz CT molecular complexity index is 389. The van der Waals surface area contributed by atoms with Crippen molar-refractivity contribution in [1.82, 2.24) is 0 Å². The molecule has 0 radical (unpaired) electrons. The number of carbonyl (C=O) groups excluding carboxylic acids is 2. The number of ether oxygens (including phenoxy) is 1. The van der Waals surface area contributed by atoms with E-state index in [1.54, 1.807) is 30.3 Å². The molecule has 2 unspecified atom stereocenters. The first-order chi connectivity index (χ1) is 8.06. The minimum atomic E-state index is -1.67. The van der Waals surface area contributed by atoms with E-state index in [4.69, 9.17) is 0 Å². The van der Waals surface area contributed by atoms with Crippen LogP contribution < -0.4 is 0 Å². The maximum atomic E-state index is 13.7. The van der Waals surface area contributed by atoms with Crippen LogP contribution in [0.1, 0.15) is 23.7 Å². The van der Waals surface area contributed by atoms with Crippen LogP contribution in [0.3, 0.4) is 0 Å². The van der Waals surface area contributed by atoms with E-state index >= 15 is 0 Å². The molecule has 2 atom stereocenters. The highest BCUT2D eigenvalue weighted by atomic mass is 19.1. The van der Waals surface area contributed by atoms with Crippen LogP contribution in [0.4, 0.5) is 4.39 Å². The van der Waals surface area contributed by atoms with Gasteiger partial charge >= 0.3 is 5.97 Å². The normalized spacial score (nSPS) is 13.8. The first-order valence-electron chi connectivity index (χ1n) is 5.37. The Labute approximate surface area is 99.6 Å². The predicted octanol–water partition coefficient (Wildman–Crippen LogP) is 2.41. The zero-order valence-electron chi connectivity index (χ0n) is 9.85. The molecule has 0 saturated heterocycles. The standard InChI is InChI=1S/C13H15FO3/c1-9(13(16)17-2)8-11(14)12(15)10-6-4-3-5-7-10/h3-7,9,11H,8H2,1-2H3. The molecule has 0 spiro atoms. The van der Waals surface area contributed by atoms with E-state index in [1.807, 2.05) is 0 Å². The van der Waals surface area contributed by atoms with Gasteiger partial charge in [-0.25, -0.2) is 4.39 Å². The molecule has 1 rings (SSSR count). The van der Waals surface area contributed by atoms with Gasteiger partial charge in [0.1, 0.15) is 0 Å². The minimum absolute atomic E-state index is 0.152. The van der Waals surface area contributed by atoms with Gasteiger partial charge in [0.15, 0.2) is 12.0 Å². The molecule has 1 aromatic carbocycles. The van der Waals surface area contributed by atoms with Crippen LogP contribution in [-0.4, -0.2) is 25.0 Å². The van der Waals surface area contributed by atoms with E-state index in [2.05, 4.69) is 4.74 Å². The van der Waals surface area contributed by atoms with Crippen molar-refractivity contribution in [2.24, 2.45) is 5.92 Å². The SMILES string of the molecule is COC(=O)C(C)CC(F)C(=O)c1ccccc1. The van der Waals surface area contributed by atoms with Gasteiger partial charge < -0.3 is 4.74 Å². The highest BCUT2D eigenvalue weighted by Crippen LogP contribution is 2.15. The molecule has 4 heteroatoms. The Morgan fingerprint density at radius 1 is 1.29 bits per heavy atom. The first-order valence-corrected chi connectivity index (χ1v) is 5.37. The second-order valence-corrected chi connectivity index (χ2v) is 3.86. The second kappa shape index (κ2) is 6.13. The molecule has 17 heavy (non-hydrogen) atoms. The van der Waals surface area contributed by atoms with Crippen LogP contribution in [0, 0.1) is 5.92 Å². The number of esters is 1. The third kappa shape index (κ3) is 3.66. The molecule has 1 aromatic rings. The topological polar surface area (TPSA) is 43.4 Å². The minimum Gasteiger partial charge on any atom is -0.469 e. The fourth-order valence-corrected chi connectivity index (χ4v) is 1.50. The largest absolute Gasteiger partial charge is 0.469 e. The number of alkyl halides is 1. The lowest BCUT2D eigenvalue weighted by atomic mass is 9.98. The molecular formula is C13H15FO3. The van der Waals surface area contributed by atoms with Gasteiger partial charge in [0.25, 0.3) is 0 Å². The van der Waals surface area contributed by atoms with Gasteiger partial charge in [-0.2, -0.15) is 0 Å². The van der Waals surface area contributed by atoms with Gasteiger partial charge in [0.2, 0.25) is 0 Å². The van der Waals surface area contributed by atoms with E-state index in [-0.39, 0.29) is 6.42 Å². The molecule has 0 aliphatic rings. The van der Waals surface area contributed by atoms with E-state index in [0.29, 0.717) is 5.56 Å². The second-order valence-electron chi connectivity index (χ2n) is 3.86. The fraction of sp³-hybridized carbons (Fsp3) is 0.385. The van der Waals surface area contributed by atoms with Crippen LogP contribution >= 0.6 is 0 Å². The average Bonchev–Trinajstić information content (AvgIpc) is 2.37. The molecule has 0 heterocycles. The smallest absolute Gasteiger partial charge is 0.308 e. The molecule has 0 amide bonds. The Balaban J connectivity index is 2.62. The number of Topliss-reactive ketones (excluding diaryl/α,β-unsaturated/α-hetero) is 1. The number of ketones is 1. The van der Waals surface area contributed by atoms with E-state index in [1.165, 1.54) is 14.0 Å². The van der Waals surface area contributed by atoms with Crippen molar-refractivity contribution in [3.63, 3.8) is 0 Å². The highest BCUT2D eigenvalue weighted by molar-refractivity contribution is 5.99. The van der Waals surface area contributed by atoms with Crippen molar-refractivity contribution in [1.29, 1.82) is 0 Å². The molecule has 0 saturated carbocycles. The first kappa shape index (κ1) is 13.4. The molecule has 3 nitrogen and oxygen atoms in total. The summed E-state index contributed by atoms with van der Waals surface area (Å²) in [6, 6.07) is 8.20. The monoisotopic (exact) mass is 238 g/mol. The zero-order valence-corrected chi connectivity index (χ0v) is 9.85. The Hall–Kier alpha value is -1.71. The third-order valence-corrected chi connectivity index (χ3v) is 2.51. The van der Waals surface area contributed by atoms with Crippen molar-refractivity contribution >= 4 is 11.8 Å². The maximum absolute atomic E-state index is 13.7. The molecule has 0 aliphatic heterocycles. The number of hydrogen-bond donors (Lipinski definition) is 0. The molecule has 0 aromatic heterocycles. The van der Waals surface area contributed by atoms with Crippen molar-refractivity contribution in [3.8, 4) is 0 Å². The number of methoxy groups -OCH3 is 1. The summed E-state index contributed by atoms with van der Waals surface area (Å²) < 4.78 is 18.2. The van der Waals surface area contributed by atoms with Gasteiger partial charge in [0.05, 0.1) is 13.0 Å². The molecular weight excluding hydrogens is 223 g/mol. The molecule has 0 bridgehead atoms.